The van der Waals surface area contributed by atoms with Crippen LogP contribution in [0.3, 0.4) is 0 Å². The zero-order valence-corrected chi connectivity index (χ0v) is 17.3. The molecule has 2 aromatic carbocycles. The second-order valence-corrected chi connectivity index (χ2v) is 7.67. The van der Waals surface area contributed by atoms with Crippen LogP contribution in [0.4, 0.5) is 4.39 Å². The Morgan fingerprint density at radius 3 is 2.23 bits per heavy atom. The van der Waals surface area contributed by atoms with E-state index >= 15 is 0 Å². The predicted molar refractivity (Wildman–Crippen MR) is 114 cm³/mol. The number of hydrogen-bond donors (Lipinski definition) is 0. The largest absolute Gasteiger partial charge is 0.335 e. The minimum atomic E-state index is -0.437. The third kappa shape index (κ3) is 3.95. The Hall–Kier alpha value is -3.13. The van der Waals surface area contributed by atoms with Crippen molar-refractivity contribution in [2.75, 3.05) is 32.4 Å². The van der Waals surface area contributed by atoms with Crippen LogP contribution in [0.15, 0.2) is 66.0 Å². The molecule has 154 valence electrons. The number of carbonyl (C=O) groups is 2. The number of hydrogen-bond acceptors (Lipinski definition) is 4. The summed E-state index contributed by atoms with van der Waals surface area (Å²) >= 11 is 1.48. The van der Waals surface area contributed by atoms with E-state index in [1.807, 2.05) is 41.2 Å². The number of amides is 2. The van der Waals surface area contributed by atoms with Gasteiger partial charge in [-0.1, -0.05) is 36.0 Å². The van der Waals surface area contributed by atoms with Crippen LogP contribution in [0.2, 0.25) is 0 Å². The maximum atomic E-state index is 13.4. The highest BCUT2D eigenvalue weighted by atomic mass is 32.2. The number of aromatic nitrogens is 2. The third-order valence-corrected chi connectivity index (χ3v) is 5.72. The fraction of sp³-hybridized carbons (Fsp3) is 0.227. The molecule has 0 aliphatic carbocycles. The summed E-state index contributed by atoms with van der Waals surface area (Å²) in [6.07, 6.45) is 3.53. The van der Waals surface area contributed by atoms with Crippen LogP contribution in [0.1, 0.15) is 20.8 Å². The van der Waals surface area contributed by atoms with Gasteiger partial charge >= 0.3 is 0 Å². The normalized spacial score (nSPS) is 14.1. The van der Waals surface area contributed by atoms with Gasteiger partial charge in [-0.15, -0.1) is 0 Å². The maximum absolute atomic E-state index is 13.4. The lowest BCUT2D eigenvalue weighted by Crippen LogP contribution is -2.50. The minimum absolute atomic E-state index is 0.121. The van der Waals surface area contributed by atoms with Gasteiger partial charge in [0.25, 0.3) is 11.8 Å². The molecule has 3 aromatic rings. The highest BCUT2D eigenvalue weighted by Gasteiger charge is 2.28. The number of para-hydroxylation sites is 1. The van der Waals surface area contributed by atoms with Crippen molar-refractivity contribution in [3.63, 3.8) is 0 Å². The van der Waals surface area contributed by atoms with Crippen molar-refractivity contribution in [1.29, 1.82) is 0 Å². The molecule has 1 saturated heterocycles. The molecule has 8 heteroatoms. The zero-order valence-electron chi connectivity index (χ0n) is 16.5. The number of imidazole rings is 1. The average Bonchev–Trinajstić information content (AvgIpc) is 3.23. The van der Waals surface area contributed by atoms with Gasteiger partial charge in [-0.05, 0) is 36.6 Å². The van der Waals surface area contributed by atoms with Crippen LogP contribution in [-0.2, 0) is 0 Å². The van der Waals surface area contributed by atoms with E-state index in [2.05, 4.69) is 4.98 Å². The summed E-state index contributed by atoms with van der Waals surface area (Å²) < 4.78 is 15.3. The molecule has 30 heavy (non-hydrogen) atoms. The Balaban J connectivity index is 1.49. The fourth-order valence-corrected chi connectivity index (χ4v) is 4.08. The SMILES string of the molecule is CSc1ncc(C(=O)N2CCN(C(=O)c3cccc(F)c3)CC2)n1-c1ccccc1. The minimum Gasteiger partial charge on any atom is -0.335 e. The first-order chi connectivity index (χ1) is 14.6. The van der Waals surface area contributed by atoms with E-state index in [0.29, 0.717) is 37.4 Å². The van der Waals surface area contributed by atoms with Gasteiger partial charge in [0.1, 0.15) is 11.5 Å². The molecule has 0 unspecified atom stereocenters. The van der Waals surface area contributed by atoms with Gasteiger partial charge in [0.05, 0.1) is 6.20 Å². The van der Waals surface area contributed by atoms with Gasteiger partial charge < -0.3 is 9.80 Å². The molecule has 0 radical (unpaired) electrons. The van der Waals surface area contributed by atoms with E-state index in [9.17, 15) is 14.0 Å². The molecular weight excluding hydrogens is 403 g/mol. The number of thioether (sulfide) groups is 1. The van der Waals surface area contributed by atoms with Crippen LogP contribution < -0.4 is 0 Å². The van der Waals surface area contributed by atoms with Gasteiger partial charge in [0, 0.05) is 37.4 Å². The predicted octanol–water partition coefficient (Wildman–Crippen LogP) is 3.33. The van der Waals surface area contributed by atoms with E-state index < -0.39 is 5.82 Å². The van der Waals surface area contributed by atoms with Crippen molar-refractivity contribution in [1.82, 2.24) is 19.4 Å². The molecule has 0 bridgehead atoms. The first-order valence-corrected chi connectivity index (χ1v) is 10.8. The van der Waals surface area contributed by atoms with Gasteiger partial charge in [-0.25, -0.2) is 9.37 Å². The lowest BCUT2D eigenvalue weighted by Gasteiger charge is -2.34. The highest BCUT2D eigenvalue weighted by molar-refractivity contribution is 7.98. The molecular formula is C22H21FN4O2S. The van der Waals surface area contributed by atoms with E-state index in [-0.39, 0.29) is 11.8 Å². The van der Waals surface area contributed by atoms with Crippen molar-refractivity contribution in [3.8, 4) is 5.69 Å². The second kappa shape index (κ2) is 8.71. The number of nitrogens with zero attached hydrogens (tertiary/aromatic N) is 4. The number of halogens is 1. The van der Waals surface area contributed by atoms with E-state index in [1.54, 1.807) is 22.1 Å². The molecule has 1 fully saturated rings. The lowest BCUT2D eigenvalue weighted by molar-refractivity contribution is 0.0530. The Morgan fingerprint density at radius 2 is 1.60 bits per heavy atom. The summed E-state index contributed by atoms with van der Waals surface area (Å²) in [5.41, 5.74) is 1.69. The first kappa shape index (κ1) is 20.2. The van der Waals surface area contributed by atoms with Crippen molar-refractivity contribution in [2.24, 2.45) is 0 Å². The van der Waals surface area contributed by atoms with Crippen molar-refractivity contribution in [2.45, 2.75) is 5.16 Å². The molecule has 0 saturated carbocycles. The van der Waals surface area contributed by atoms with Crippen molar-refractivity contribution in [3.05, 3.63) is 77.9 Å². The van der Waals surface area contributed by atoms with Gasteiger partial charge in [-0.2, -0.15) is 0 Å². The summed E-state index contributed by atoms with van der Waals surface area (Å²) in [5.74, 6) is -0.779. The molecule has 1 aliphatic heterocycles. The van der Waals surface area contributed by atoms with Crippen molar-refractivity contribution < 1.29 is 14.0 Å². The molecule has 1 aromatic heterocycles. The Morgan fingerprint density at radius 1 is 0.933 bits per heavy atom. The highest BCUT2D eigenvalue weighted by Crippen LogP contribution is 2.23. The molecule has 4 rings (SSSR count). The van der Waals surface area contributed by atoms with Gasteiger partial charge in [0.15, 0.2) is 5.16 Å². The maximum Gasteiger partial charge on any atom is 0.272 e. The summed E-state index contributed by atoms with van der Waals surface area (Å²) in [6, 6.07) is 15.3. The van der Waals surface area contributed by atoms with Crippen LogP contribution in [-0.4, -0.2) is 63.6 Å². The summed E-state index contributed by atoms with van der Waals surface area (Å²) in [6.45, 7) is 1.62. The van der Waals surface area contributed by atoms with Crippen LogP contribution in [0, 0.1) is 5.82 Å². The van der Waals surface area contributed by atoms with E-state index in [1.165, 1.54) is 30.0 Å². The van der Waals surface area contributed by atoms with Gasteiger partial charge in [0.2, 0.25) is 0 Å². The quantitative estimate of drug-likeness (QED) is 0.603. The average molecular weight is 425 g/mol. The van der Waals surface area contributed by atoms with Crippen LogP contribution in [0.25, 0.3) is 5.69 Å². The third-order valence-electron chi connectivity index (χ3n) is 5.07. The molecule has 2 amide bonds. The van der Waals surface area contributed by atoms with E-state index in [0.717, 1.165) is 10.8 Å². The second-order valence-electron chi connectivity index (χ2n) is 6.90. The molecule has 0 N–H and O–H groups in total. The molecule has 0 spiro atoms. The zero-order chi connectivity index (χ0) is 21.1. The Kier molecular flexibility index (Phi) is 5.85. The Bertz CT molecular complexity index is 1060. The van der Waals surface area contributed by atoms with Crippen LogP contribution >= 0.6 is 11.8 Å². The summed E-state index contributed by atoms with van der Waals surface area (Å²) in [4.78, 5) is 33.6. The molecule has 6 nitrogen and oxygen atoms in total. The monoisotopic (exact) mass is 424 g/mol. The smallest absolute Gasteiger partial charge is 0.272 e. The van der Waals surface area contributed by atoms with Crippen molar-refractivity contribution >= 4 is 23.6 Å². The molecule has 1 aliphatic rings. The molecule has 0 atom stereocenters. The van der Waals surface area contributed by atoms with E-state index in [4.69, 9.17) is 0 Å². The number of piperazine rings is 1. The molecule has 2 heterocycles. The number of rotatable bonds is 4. The number of benzene rings is 2. The first-order valence-electron chi connectivity index (χ1n) is 9.60. The summed E-state index contributed by atoms with van der Waals surface area (Å²) in [7, 11) is 0. The Labute approximate surface area is 178 Å². The summed E-state index contributed by atoms with van der Waals surface area (Å²) in [5, 5.41) is 0.740. The topological polar surface area (TPSA) is 58.4 Å². The number of carbonyl (C=O) groups excluding carboxylic acids is 2. The van der Waals surface area contributed by atoms with Gasteiger partial charge in [-0.3, -0.25) is 14.2 Å². The van der Waals surface area contributed by atoms with Crippen LogP contribution in [0.5, 0.6) is 0 Å². The fourth-order valence-electron chi connectivity index (χ4n) is 3.54. The standard InChI is InChI=1S/C22H21FN4O2S/c1-30-22-24-15-19(27(22)18-8-3-2-4-9-18)21(29)26-12-10-25(11-13-26)20(28)16-6-5-7-17(23)14-16/h2-9,14-15H,10-13H2,1H3. The lowest BCUT2D eigenvalue weighted by atomic mass is 10.1.